The van der Waals surface area contributed by atoms with Crippen LogP contribution < -0.4 is 16.0 Å². The van der Waals surface area contributed by atoms with Crippen molar-refractivity contribution < 1.29 is 9.21 Å². The van der Waals surface area contributed by atoms with E-state index in [0.29, 0.717) is 24.9 Å². The summed E-state index contributed by atoms with van der Waals surface area (Å²) >= 11 is 0. The minimum Gasteiger partial charge on any atom is -0.459 e. The number of aliphatic imine (C=N–C) groups is 1. The van der Waals surface area contributed by atoms with Gasteiger partial charge in [-0.25, -0.2) is 0 Å². The van der Waals surface area contributed by atoms with Crippen LogP contribution in [0, 0.1) is 6.92 Å². The molecule has 1 saturated heterocycles. The summed E-state index contributed by atoms with van der Waals surface area (Å²) in [5.74, 6) is 1.10. The second-order valence-corrected chi connectivity index (χ2v) is 7.06. The van der Waals surface area contributed by atoms with Gasteiger partial charge >= 0.3 is 0 Å². The van der Waals surface area contributed by atoms with E-state index in [1.807, 2.05) is 6.92 Å². The summed E-state index contributed by atoms with van der Waals surface area (Å²) in [5.41, 5.74) is 0.856. The molecule has 2 rings (SSSR count). The minimum atomic E-state index is -0.162. The molecule has 7 nitrogen and oxygen atoms in total. The lowest BCUT2D eigenvalue weighted by atomic mass is 10.1. The zero-order valence-electron chi connectivity index (χ0n) is 17.0. The Bertz CT molecular complexity index is 591. The summed E-state index contributed by atoms with van der Waals surface area (Å²) in [6.07, 6.45) is 5.86. The van der Waals surface area contributed by atoms with Crippen molar-refractivity contribution in [3.05, 3.63) is 23.7 Å². The van der Waals surface area contributed by atoms with Crippen LogP contribution in [0.1, 0.15) is 55.6 Å². The quantitative estimate of drug-likeness (QED) is 0.349. The topological polar surface area (TPSA) is 81.9 Å². The van der Waals surface area contributed by atoms with Gasteiger partial charge in [0.1, 0.15) is 0 Å². The van der Waals surface area contributed by atoms with Gasteiger partial charge in [-0.1, -0.05) is 6.92 Å². The van der Waals surface area contributed by atoms with Gasteiger partial charge in [0.05, 0.1) is 6.26 Å². The third-order valence-corrected chi connectivity index (χ3v) is 4.77. The molecule has 0 aromatic carbocycles. The number of hydrogen-bond donors (Lipinski definition) is 3. The Morgan fingerprint density at radius 2 is 2.07 bits per heavy atom. The molecule has 0 bridgehead atoms. The first-order valence-corrected chi connectivity index (χ1v) is 10.2. The average molecular weight is 378 g/mol. The first kappa shape index (κ1) is 21.3. The predicted molar refractivity (Wildman–Crippen MR) is 109 cm³/mol. The summed E-state index contributed by atoms with van der Waals surface area (Å²) in [5, 5.41) is 9.76. The molecule has 7 heteroatoms. The number of furan rings is 1. The van der Waals surface area contributed by atoms with Gasteiger partial charge in [0.2, 0.25) is 0 Å². The first-order valence-electron chi connectivity index (χ1n) is 10.2. The van der Waals surface area contributed by atoms with Crippen LogP contribution >= 0.6 is 0 Å². The van der Waals surface area contributed by atoms with Crippen molar-refractivity contribution in [2.24, 2.45) is 4.99 Å². The standard InChI is InChI=1S/C20H35N5O2/c1-4-12-25-13-7-17(8-14-25)24-20(21-5-2)23-11-6-10-22-19(26)18-16(3)9-15-27-18/h9,15,17H,4-8,10-14H2,1-3H3,(H,22,26)(H2,21,23,24). The van der Waals surface area contributed by atoms with E-state index in [1.165, 1.54) is 19.2 Å². The molecular weight excluding hydrogens is 342 g/mol. The van der Waals surface area contributed by atoms with E-state index in [9.17, 15) is 4.79 Å². The van der Waals surface area contributed by atoms with Crippen molar-refractivity contribution in [1.29, 1.82) is 0 Å². The highest BCUT2D eigenvalue weighted by Crippen LogP contribution is 2.10. The van der Waals surface area contributed by atoms with E-state index in [0.717, 1.165) is 50.4 Å². The number of carbonyl (C=O) groups is 1. The van der Waals surface area contributed by atoms with Crippen molar-refractivity contribution in [2.45, 2.75) is 52.5 Å². The average Bonchev–Trinajstić information content (AvgIpc) is 3.09. The second-order valence-electron chi connectivity index (χ2n) is 7.06. The fourth-order valence-corrected chi connectivity index (χ4v) is 3.29. The van der Waals surface area contributed by atoms with Crippen molar-refractivity contribution in [1.82, 2.24) is 20.9 Å². The van der Waals surface area contributed by atoms with E-state index in [1.54, 1.807) is 6.07 Å². The number of nitrogens with one attached hydrogen (secondary N) is 3. The molecule has 2 heterocycles. The summed E-state index contributed by atoms with van der Waals surface area (Å²) in [6, 6.07) is 2.28. The monoisotopic (exact) mass is 377 g/mol. The molecule has 0 aliphatic carbocycles. The number of hydrogen-bond acceptors (Lipinski definition) is 4. The van der Waals surface area contributed by atoms with Gasteiger partial charge in [0.15, 0.2) is 11.7 Å². The molecule has 1 fully saturated rings. The van der Waals surface area contributed by atoms with Crippen LogP contribution in [-0.4, -0.2) is 62.1 Å². The first-order chi connectivity index (χ1) is 13.1. The highest BCUT2D eigenvalue weighted by atomic mass is 16.3. The zero-order chi connectivity index (χ0) is 19.5. The van der Waals surface area contributed by atoms with Crippen LogP contribution in [-0.2, 0) is 0 Å². The Balaban J connectivity index is 1.69. The Morgan fingerprint density at radius 1 is 1.30 bits per heavy atom. The Labute approximate surface area is 163 Å². The van der Waals surface area contributed by atoms with Gasteiger partial charge in [-0.2, -0.15) is 0 Å². The summed E-state index contributed by atoms with van der Waals surface area (Å²) < 4.78 is 5.20. The summed E-state index contributed by atoms with van der Waals surface area (Å²) in [4.78, 5) is 19.2. The van der Waals surface area contributed by atoms with Gasteiger partial charge in [0.25, 0.3) is 5.91 Å². The van der Waals surface area contributed by atoms with Crippen LogP contribution in [0.15, 0.2) is 21.7 Å². The summed E-state index contributed by atoms with van der Waals surface area (Å²) in [7, 11) is 0. The molecule has 1 aromatic heterocycles. The largest absolute Gasteiger partial charge is 0.459 e. The molecule has 1 amide bonds. The number of piperidine rings is 1. The lowest BCUT2D eigenvalue weighted by Gasteiger charge is -2.32. The molecule has 0 unspecified atom stereocenters. The molecule has 1 aliphatic rings. The number of aryl methyl sites for hydroxylation is 1. The SMILES string of the molecule is CCCN1CCC(NC(=NCCCNC(=O)c2occc2C)NCC)CC1. The Morgan fingerprint density at radius 3 is 2.70 bits per heavy atom. The molecule has 0 spiro atoms. The van der Waals surface area contributed by atoms with Crippen LogP contribution in [0.5, 0.6) is 0 Å². The zero-order valence-corrected chi connectivity index (χ0v) is 17.0. The lowest BCUT2D eigenvalue weighted by molar-refractivity contribution is 0.0925. The van der Waals surface area contributed by atoms with Gasteiger partial charge in [-0.05, 0) is 52.1 Å². The van der Waals surface area contributed by atoms with Gasteiger partial charge in [-0.3, -0.25) is 9.79 Å². The normalized spacial score (nSPS) is 16.3. The molecular formula is C20H35N5O2. The van der Waals surface area contributed by atoms with E-state index in [2.05, 4.69) is 39.7 Å². The van der Waals surface area contributed by atoms with Gasteiger partial charge in [-0.15, -0.1) is 0 Å². The highest BCUT2D eigenvalue weighted by Gasteiger charge is 2.19. The van der Waals surface area contributed by atoms with Crippen molar-refractivity contribution >= 4 is 11.9 Å². The third kappa shape index (κ3) is 7.25. The number of nitrogens with zero attached hydrogens (tertiary/aromatic N) is 2. The van der Waals surface area contributed by atoms with Crippen molar-refractivity contribution in [2.75, 3.05) is 39.3 Å². The number of rotatable bonds is 9. The van der Waals surface area contributed by atoms with E-state index in [-0.39, 0.29) is 5.91 Å². The third-order valence-electron chi connectivity index (χ3n) is 4.77. The molecule has 1 aromatic rings. The number of amides is 1. The maximum Gasteiger partial charge on any atom is 0.287 e. The summed E-state index contributed by atoms with van der Waals surface area (Å²) in [6.45, 7) is 11.8. The Hall–Kier alpha value is -2.02. The number of likely N-dealkylation sites (tertiary alicyclic amines) is 1. The van der Waals surface area contributed by atoms with Crippen LogP contribution in [0.25, 0.3) is 0 Å². The molecule has 27 heavy (non-hydrogen) atoms. The molecule has 0 radical (unpaired) electrons. The van der Waals surface area contributed by atoms with Crippen LogP contribution in [0.2, 0.25) is 0 Å². The molecule has 0 saturated carbocycles. The van der Waals surface area contributed by atoms with Crippen molar-refractivity contribution in [3.8, 4) is 0 Å². The van der Waals surface area contributed by atoms with E-state index in [4.69, 9.17) is 4.42 Å². The van der Waals surface area contributed by atoms with Crippen LogP contribution in [0.3, 0.4) is 0 Å². The predicted octanol–water partition coefficient (Wildman–Crippen LogP) is 2.14. The fraction of sp³-hybridized carbons (Fsp3) is 0.700. The molecule has 0 atom stereocenters. The van der Waals surface area contributed by atoms with Gasteiger partial charge in [0, 0.05) is 44.3 Å². The highest BCUT2D eigenvalue weighted by molar-refractivity contribution is 5.92. The van der Waals surface area contributed by atoms with Crippen molar-refractivity contribution in [3.63, 3.8) is 0 Å². The molecule has 152 valence electrons. The maximum atomic E-state index is 12.0. The Kier molecular flexibility index (Phi) is 9.18. The second kappa shape index (κ2) is 11.6. The molecule has 1 aliphatic heterocycles. The number of carbonyl (C=O) groups excluding carboxylic acids is 1. The fourth-order valence-electron chi connectivity index (χ4n) is 3.29. The maximum absolute atomic E-state index is 12.0. The van der Waals surface area contributed by atoms with E-state index < -0.39 is 0 Å². The number of guanidine groups is 1. The minimum absolute atomic E-state index is 0.162. The smallest absolute Gasteiger partial charge is 0.287 e. The van der Waals surface area contributed by atoms with Gasteiger partial charge < -0.3 is 25.3 Å². The lowest BCUT2D eigenvalue weighted by Crippen LogP contribution is -2.48. The van der Waals surface area contributed by atoms with E-state index >= 15 is 0 Å². The van der Waals surface area contributed by atoms with Crippen LogP contribution in [0.4, 0.5) is 0 Å². The molecule has 3 N–H and O–H groups in total.